The highest BCUT2D eigenvalue weighted by molar-refractivity contribution is 7.12. The number of hydrogen-bond acceptors (Lipinski definition) is 5. The van der Waals surface area contributed by atoms with E-state index in [-0.39, 0.29) is 12.3 Å². The lowest BCUT2D eigenvalue weighted by molar-refractivity contribution is -0.143. The van der Waals surface area contributed by atoms with E-state index < -0.39 is 5.97 Å². The third kappa shape index (κ3) is 3.65. The molecule has 0 aliphatic heterocycles. The van der Waals surface area contributed by atoms with Gasteiger partial charge in [0.2, 0.25) is 0 Å². The van der Waals surface area contributed by atoms with Gasteiger partial charge in [0.25, 0.3) is 0 Å². The molecule has 100 valence electrons. The maximum atomic E-state index is 11.5. The third-order valence-corrected chi connectivity index (χ3v) is 3.37. The summed E-state index contributed by atoms with van der Waals surface area (Å²) in [6.45, 7) is 2.39. The fraction of sp³-hybridized carbons (Fsp3) is 0.250. The van der Waals surface area contributed by atoms with Crippen molar-refractivity contribution in [2.45, 2.75) is 19.9 Å². The van der Waals surface area contributed by atoms with Gasteiger partial charge >= 0.3 is 5.97 Å². The molecule has 2 aromatic rings. The zero-order chi connectivity index (χ0) is 13.7. The first-order chi connectivity index (χ1) is 9.16. The number of rotatable bonds is 5. The molecule has 6 nitrogen and oxygen atoms in total. The largest absolute Gasteiger partial charge is 0.380 e. The molecule has 0 aliphatic carbocycles. The number of nitrogens with two attached hydrogens (primary N) is 1. The van der Waals surface area contributed by atoms with Crippen LogP contribution in [0.15, 0.2) is 34.9 Å². The molecular formula is C12H14N4O2S. The number of oxime groups is 1. The summed E-state index contributed by atoms with van der Waals surface area (Å²) in [6, 6.07) is 5.54. The van der Waals surface area contributed by atoms with Crippen LogP contribution >= 0.6 is 11.3 Å². The summed E-state index contributed by atoms with van der Waals surface area (Å²) in [6.07, 6.45) is 1.89. The second-order valence-corrected chi connectivity index (χ2v) is 4.81. The Morgan fingerprint density at radius 1 is 1.58 bits per heavy atom. The molecule has 7 heteroatoms. The van der Waals surface area contributed by atoms with Crippen LogP contribution in [-0.4, -0.2) is 21.6 Å². The summed E-state index contributed by atoms with van der Waals surface area (Å²) in [7, 11) is 0. The highest BCUT2D eigenvalue weighted by atomic mass is 32.1. The lowest BCUT2D eigenvalue weighted by Gasteiger charge is -2.02. The third-order valence-electron chi connectivity index (χ3n) is 2.48. The molecule has 0 atom stereocenters. The van der Waals surface area contributed by atoms with Gasteiger partial charge in [-0.3, -0.25) is 4.68 Å². The Bertz CT molecular complexity index is 574. The molecule has 0 saturated carbocycles. The van der Waals surface area contributed by atoms with Gasteiger partial charge in [-0.1, -0.05) is 11.2 Å². The minimum absolute atomic E-state index is 0.198. The van der Waals surface area contributed by atoms with Crippen molar-refractivity contribution in [1.82, 2.24) is 9.78 Å². The van der Waals surface area contributed by atoms with Crippen molar-refractivity contribution in [1.29, 1.82) is 0 Å². The van der Waals surface area contributed by atoms with Gasteiger partial charge < -0.3 is 10.6 Å². The van der Waals surface area contributed by atoms with Gasteiger partial charge in [0.1, 0.15) is 0 Å². The highest BCUT2D eigenvalue weighted by Gasteiger charge is 2.06. The van der Waals surface area contributed by atoms with Crippen LogP contribution in [0.3, 0.4) is 0 Å². The zero-order valence-corrected chi connectivity index (χ0v) is 11.3. The average molecular weight is 278 g/mol. The summed E-state index contributed by atoms with van der Waals surface area (Å²) in [5.74, 6) is -0.229. The standard InChI is InChI=1S/C12H14N4O2S/c1-9-4-6-14-16(9)7-5-11(17)18-15-12(13)10-3-2-8-19-10/h2-4,6,8H,5,7H2,1H3,(H2,13,15). The number of aromatic nitrogens is 2. The normalized spacial score (nSPS) is 11.5. The van der Waals surface area contributed by atoms with Crippen LogP contribution in [0.5, 0.6) is 0 Å². The number of amidine groups is 1. The van der Waals surface area contributed by atoms with Gasteiger partial charge in [0.15, 0.2) is 5.84 Å². The molecule has 0 bridgehead atoms. The van der Waals surface area contributed by atoms with Gasteiger partial charge in [-0.2, -0.15) is 5.10 Å². The molecule has 0 amide bonds. The Kier molecular flexibility index (Phi) is 4.30. The van der Waals surface area contributed by atoms with Gasteiger partial charge in [-0.15, -0.1) is 11.3 Å². The number of nitrogens with zero attached hydrogens (tertiary/aromatic N) is 3. The summed E-state index contributed by atoms with van der Waals surface area (Å²) in [5, 5.41) is 9.56. The molecule has 0 fully saturated rings. The summed E-state index contributed by atoms with van der Waals surface area (Å²) >= 11 is 1.43. The van der Waals surface area contributed by atoms with E-state index in [4.69, 9.17) is 10.6 Å². The topological polar surface area (TPSA) is 82.5 Å². The van der Waals surface area contributed by atoms with Crippen LogP contribution in [0.1, 0.15) is 17.0 Å². The van der Waals surface area contributed by atoms with E-state index in [1.165, 1.54) is 11.3 Å². The number of aryl methyl sites for hydroxylation is 2. The molecule has 0 unspecified atom stereocenters. The minimum atomic E-state index is -0.436. The number of hydrogen-bond donors (Lipinski definition) is 1. The van der Waals surface area contributed by atoms with E-state index in [9.17, 15) is 4.79 Å². The Morgan fingerprint density at radius 2 is 2.42 bits per heavy atom. The molecule has 0 spiro atoms. The maximum absolute atomic E-state index is 11.5. The van der Waals surface area contributed by atoms with Crippen molar-refractivity contribution >= 4 is 23.1 Å². The van der Waals surface area contributed by atoms with Crippen LogP contribution in [0.25, 0.3) is 0 Å². The lowest BCUT2D eigenvalue weighted by atomic mass is 10.4. The smallest absolute Gasteiger partial charge is 0.336 e. The molecule has 2 aromatic heterocycles. The quantitative estimate of drug-likeness (QED) is 0.389. The Morgan fingerprint density at radius 3 is 3.05 bits per heavy atom. The lowest BCUT2D eigenvalue weighted by Crippen LogP contribution is -2.14. The van der Waals surface area contributed by atoms with Crippen LogP contribution in [0.4, 0.5) is 0 Å². The van der Waals surface area contributed by atoms with Crippen LogP contribution < -0.4 is 5.73 Å². The second kappa shape index (κ2) is 6.14. The van der Waals surface area contributed by atoms with E-state index in [0.717, 1.165) is 10.6 Å². The molecule has 19 heavy (non-hydrogen) atoms. The monoisotopic (exact) mass is 278 g/mol. The van der Waals surface area contributed by atoms with E-state index in [2.05, 4.69) is 10.3 Å². The van der Waals surface area contributed by atoms with Crippen LogP contribution in [0.2, 0.25) is 0 Å². The first kappa shape index (κ1) is 13.3. The molecule has 0 radical (unpaired) electrons. The van der Waals surface area contributed by atoms with Crippen molar-refractivity contribution in [3.8, 4) is 0 Å². The molecule has 2 heterocycles. The number of thiophene rings is 1. The fourth-order valence-electron chi connectivity index (χ4n) is 1.45. The number of carbonyl (C=O) groups excluding carboxylic acids is 1. The Balaban J connectivity index is 1.82. The summed E-state index contributed by atoms with van der Waals surface area (Å²) < 4.78 is 1.73. The predicted octanol–water partition coefficient (Wildman–Crippen LogP) is 1.51. The molecule has 2 N–H and O–H groups in total. The van der Waals surface area contributed by atoms with Crippen molar-refractivity contribution in [2.75, 3.05) is 0 Å². The highest BCUT2D eigenvalue weighted by Crippen LogP contribution is 2.07. The van der Waals surface area contributed by atoms with E-state index in [1.54, 1.807) is 10.9 Å². The fourth-order valence-corrected chi connectivity index (χ4v) is 2.06. The Labute approximate surface area is 114 Å². The van der Waals surface area contributed by atoms with E-state index >= 15 is 0 Å². The molecule has 2 rings (SSSR count). The van der Waals surface area contributed by atoms with E-state index in [1.807, 2.05) is 30.5 Å². The van der Waals surface area contributed by atoms with Gasteiger partial charge in [-0.25, -0.2) is 4.79 Å². The van der Waals surface area contributed by atoms with Crippen molar-refractivity contribution < 1.29 is 9.63 Å². The van der Waals surface area contributed by atoms with Crippen LogP contribution in [-0.2, 0) is 16.2 Å². The molecule has 0 aliphatic rings. The number of carbonyl (C=O) groups is 1. The minimum Gasteiger partial charge on any atom is -0.380 e. The molecule has 0 saturated heterocycles. The molecular weight excluding hydrogens is 264 g/mol. The second-order valence-electron chi connectivity index (χ2n) is 3.86. The van der Waals surface area contributed by atoms with Gasteiger partial charge in [-0.05, 0) is 24.4 Å². The molecule has 0 aromatic carbocycles. The van der Waals surface area contributed by atoms with Crippen LogP contribution in [0, 0.1) is 6.92 Å². The SMILES string of the molecule is Cc1ccnn1CCC(=O)O/N=C(\N)c1cccs1. The Hall–Kier alpha value is -2.15. The van der Waals surface area contributed by atoms with Crippen molar-refractivity contribution in [3.63, 3.8) is 0 Å². The average Bonchev–Trinajstić information content (AvgIpc) is 3.05. The maximum Gasteiger partial charge on any atom is 0.336 e. The van der Waals surface area contributed by atoms with Gasteiger partial charge in [0, 0.05) is 11.9 Å². The first-order valence-electron chi connectivity index (χ1n) is 5.72. The van der Waals surface area contributed by atoms with Crippen molar-refractivity contribution in [3.05, 3.63) is 40.3 Å². The predicted molar refractivity (Wildman–Crippen MR) is 72.7 cm³/mol. The first-order valence-corrected chi connectivity index (χ1v) is 6.60. The van der Waals surface area contributed by atoms with Gasteiger partial charge in [0.05, 0.1) is 17.8 Å². The summed E-state index contributed by atoms with van der Waals surface area (Å²) in [4.78, 5) is 17.0. The zero-order valence-electron chi connectivity index (χ0n) is 10.4. The van der Waals surface area contributed by atoms with E-state index in [0.29, 0.717) is 6.54 Å². The van der Waals surface area contributed by atoms with Crippen molar-refractivity contribution in [2.24, 2.45) is 10.9 Å². The summed E-state index contributed by atoms with van der Waals surface area (Å²) in [5.41, 5.74) is 6.66.